The van der Waals surface area contributed by atoms with Crippen molar-refractivity contribution in [3.8, 4) is 5.75 Å². The van der Waals surface area contributed by atoms with Gasteiger partial charge in [-0.2, -0.15) is 0 Å². The molecule has 0 saturated carbocycles. The van der Waals surface area contributed by atoms with Crippen LogP contribution in [-0.2, 0) is 4.79 Å². The van der Waals surface area contributed by atoms with E-state index in [1.807, 2.05) is 51.1 Å². The molecule has 2 aromatic carbocycles. The smallest absolute Gasteiger partial charge is 0.243 e. The van der Waals surface area contributed by atoms with Crippen molar-refractivity contribution in [3.63, 3.8) is 0 Å². The van der Waals surface area contributed by atoms with E-state index >= 15 is 0 Å². The predicted octanol–water partition coefficient (Wildman–Crippen LogP) is 4.49. The van der Waals surface area contributed by atoms with Crippen LogP contribution in [0.3, 0.4) is 0 Å². The summed E-state index contributed by atoms with van der Waals surface area (Å²) in [7, 11) is 0. The van der Waals surface area contributed by atoms with Crippen LogP contribution in [0.15, 0.2) is 42.5 Å². The monoisotopic (exact) mass is 332 g/mol. The molecular weight excluding hydrogens is 312 g/mol. The number of benzene rings is 2. The fraction of sp³-hybridized carbons (Fsp3) is 0.278. The van der Waals surface area contributed by atoms with Crippen LogP contribution in [0.2, 0.25) is 5.02 Å². The molecule has 0 aliphatic carbocycles. The van der Waals surface area contributed by atoms with Crippen molar-refractivity contribution >= 4 is 28.9 Å². The topological polar surface area (TPSA) is 50.4 Å². The van der Waals surface area contributed by atoms with E-state index < -0.39 is 0 Å². The number of ether oxygens (including phenoxy) is 1. The van der Waals surface area contributed by atoms with Crippen LogP contribution in [0.5, 0.6) is 5.75 Å². The fourth-order valence-corrected chi connectivity index (χ4v) is 2.33. The zero-order valence-corrected chi connectivity index (χ0v) is 14.3. The molecule has 2 N–H and O–H groups in total. The van der Waals surface area contributed by atoms with E-state index in [-0.39, 0.29) is 18.6 Å². The van der Waals surface area contributed by atoms with Crippen molar-refractivity contribution in [2.24, 2.45) is 0 Å². The molecular formula is C18H21ClN2O2. The van der Waals surface area contributed by atoms with Gasteiger partial charge in [0.2, 0.25) is 5.91 Å². The maximum absolute atomic E-state index is 12.1. The number of rotatable bonds is 6. The summed E-state index contributed by atoms with van der Waals surface area (Å²) < 4.78 is 5.72. The third kappa shape index (κ3) is 5.18. The minimum Gasteiger partial charge on any atom is -0.489 e. The van der Waals surface area contributed by atoms with E-state index in [1.54, 1.807) is 12.1 Å². The standard InChI is InChI=1S/C18H21ClN2O2/c1-12(2)23-17-7-5-4-6-16(17)20-11-18(22)21-15-9-8-14(19)10-13(15)3/h4-10,12,20H,11H2,1-3H3,(H,21,22). The summed E-state index contributed by atoms with van der Waals surface area (Å²) in [5.74, 6) is 0.604. The number of carbonyl (C=O) groups is 1. The van der Waals surface area contributed by atoms with Gasteiger partial charge in [-0.05, 0) is 56.7 Å². The molecule has 4 nitrogen and oxygen atoms in total. The van der Waals surface area contributed by atoms with Gasteiger partial charge in [-0.25, -0.2) is 0 Å². The summed E-state index contributed by atoms with van der Waals surface area (Å²) in [5.41, 5.74) is 2.48. The molecule has 0 spiro atoms. The molecule has 0 aliphatic rings. The number of nitrogens with one attached hydrogen (secondary N) is 2. The van der Waals surface area contributed by atoms with Gasteiger partial charge in [0.05, 0.1) is 18.3 Å². The van der Waals surface area contributed by atoms with Crippen LogP contribution in [0, 0.1) is 6.92 Å². The Bertz CT molecular complexity index is 686. The van der Waals surface area contributed by atoms with Crippen LogP contribution < -0.4 is 15.4 Å². The SMILES string of the molecule is Cc1cc(Cl)ccc1NC(=O)CNc1ccccc1OC(C)C. The Balaban J connectivity index is 1.97. The quantitative estimate of drug-likeness (QED) is 0.819. The van der Waals surface area contributed by atoms with Gasteiger partial charge in [0.1, 0.15) is 5.75 Å². The highest BCUT2D eigenvalue weighted by Crippen LogP contribution is 2.24. The molecule has 0 fully saturated rings. The van der Waals surface area contributed by atoms with E-state index in [1.165, 1.54) is 0 Å². The van der Waals surface area contributed by atoms with E-state index in [2.05, 4.69) is 10.6 Å². The van der Waals surface area contributed by atoms with Gasteiger partial charge in [-0.15, -0.1) is 0 Å². The highest BCUT2D eigenvalue weighted by molar-refractivity contribution is 6.30. The Labute approximate surface area is 141 Å². The predicted molar refractivity (Wildman–Crippen MR) is 95.5 cm³/mol. The van der Waals surface area contributed by atoms with Gasteiger partial charge in [-0.3, -0.25) is 4.79 Å². The van der Waals surface area contributed by atoms with Gasteiger partial charge >= 0.3 is 0 Å². The van der Waals surface area contributed by atoms with Gasteiger partial charge in [-0.1, -0.05) is 23.7 Å². The number of aryl methyl sites for hydroxylation is 1. The minimum atomic E-state index is -0.130. The molecule has 2 aromatic rings. The van der Waals surface area contributed by atoms with Gasteiger partial charge < -0.3 is 15.4 Å². The largest absolute Gasteiger partial charge is 0.489 e. The molecule has 0 aliphatic heterocycles. The Kier molecular flexibility index (Phi) is 5.88. The average molecular weight is 333 g/mol. The number of hydrogen-bond donors (Lipinski definition) is 2. The van der Waals surface area contributed by atoms with Crippen LogP contribution in [-0.4, -0.2) is 18.6 Å². The molecule has 0 radical (unpaired) electrons. The fourth-order valence-electron chi connectivity index (χ4n) is 2.11. The number of anilines is 2. The molecule has 23 heavy (non-hydrogen) atoms. The summed E-state index contributed by atoms with van der Waals surface area (Å²) in [4.78, 5) is 12.1. The molecule has 0 saturated heterocycles. The number of amides is 1. The van der Waals surface area contributed by atoms with Crippen LogP contribution in [0.25, 0.3) is 0 Å². The summed E-state index contributed by atoms with van der Waals surface area (Å²) in [5, 5.41) is 6.62. The summed E-state index contributed by atoms with van der Waals surface area (Å²) >= 11 is 5.91. The van der Waals surface area contributed by atoms with E-state index in [4.69, 9.17) is 16.3 Å². The van der Waals surface area contributed by atoms with Gasteiger partial charge in [0.25, 0.3) is 0 Å². The average Bonchev–Trinajstić information content (AvgIpc) is 2.49. The lowest BCUT2D eigenvalue weighted by Gasteiger charge is -2.15. The van der Waals surface area contributed by atoms with Crippen molar-refractivity contribution in [1.29, 1.82) is 0 Å². The molecule has 1 amide bonds. The summed E-state index contributed by atoms with van der Waals surface area (Å²) in [6, 6.07) is 12.9. The normalized spacial score (nSPS) is 10.5. The molecule has 0 heterocycles. The van der Waals surface area contributed by atoms with Crippen molar-refractivity contribution < 1.29 is 9.53 Å². The van der Waals surface area contributed by atoms with Crippen LogP contribution in [0.4, 0.5) is 11.4 Å². The maximum atomic E-state index is 12.1. The van der Waals surface area contributed by atoms with Gasteiger partial charge in [0.15, 0.2) is 0 Å². The highest BCUT2D eigenvalue weighted by Gasteiger charge is 2.08. The second-order valence-electron chi connectivity index (χ2n) is 5.52. The molecule has 122 valence electrons. The Morgan fingerprint density at radius 3 is 2.61 bits per heavy atom. The molecule has 0 atom stereocenters. The minimum absolute atomic E-state index is 0.0727. The number of halogens is 1. The first-order valence-electron chi connectivity index (χ1n) is 7.51. The second-order valence-corrected chi connectivity index (χ2v) is 5.96. The molecule has 0 unspecified atom stereocenters. The van der Waals surface area contributed by atoms with Crippen LogP contribution >= 0.6 is 11.6 Å². The van der Waals surface area contributed by atoms with Crippen molar-refractivity contribution in [3.05, 3.63) is 53.1 Å². The summed E-state index contributed by atoms with van der Waals surface area (Å²) in [6.45, 7) is 5.99. The molecule has 0 aromatic heterocycles. The lowest BCUT2D eigenvalue weighted by Crippen LogP contribution is -2.22. The second kappa shape index (κ2) is 7.88. The first-order valence-corrected chi connectivity index (χ1v) is 7.89. The van der Waals surface area contributed by atoms with Crippen molar-refractivity contribution in [2.75, 3.05) is 17.2 Å². The third-order valence-corrected chi connectivity index (χ3v) is 3.39. The Morgan fingerprint density at radius 1 is 1.17 bits per heavy atom. The van der Waals surface area contributed by atoms with Crippen molar-refractivity contribution in [2.45, 2.75) is 26.9 Å². The van der Waals surface area contributed by atoms with E-state index in [0.717, 1.165) is 22.7 Å². The third-order valence-electron chi connectivity index (χ3n) is 3.15. The first kappa shape index (κ1) is 17.2. The highest BCUT2D eigenvalue weighted by atomic mass is 35.5. The van der Waals surface area contributed by atoms with Crippen LogP contribution in [0.1, 0.15) is 19.4 Å². The molecule has 2 rings (SSSR count). The Hall–Kier alpha value is -2.20. The van der Waals surface area contributed by atoms with E-state index in [9.17, 15) is 4.79 Å². The zero-order chi connectivity index (χ0) is 16.8. The number of para-hydroxylation sites is 2. The lowest BCUT2D eigenvalue weighted by atomic mass is 10.2. The number of hydrogen-bond acceptors (Lipinski definition) is 3. The lowest BCUT2D eigenvalue weighted by molar-refractivity contribution is -0.114. The maximum Gasteiger partial charge on any atom is 0.243 e. The molecule has 0 bridgehead atoms. The van der Waals surface area contributed by atoms with E-state index in [0.29, 0.717) is 5.02 Å². The Morgan fingerprint density at radius 2 is 1.91 bits per heavy atom. The summed E-state index contributed by atoms with van der Waals surface area (Å²) in [6.07, 6.45) is 0.0727. The zero-order valence-electron chi connectivity index (χ0n) is 13.5. The first-order chi connectivity index (χ1) is 11.0. The molecule has 5 heteroatoms. The van der Waals surface area contributed by atoms with Gasteiger partial charge in [0, 0.05) is 10.7 Å². The number of carbonyl (C=O) groups excluding carboxylic acids is 1. The van der Waals surface area contributed by atoms with Crippen molar-refractivity contribution in [1.82, 2.24) is 0 Å².